The Morgan fingerprint density at radius 3 is 2.80 bits per heavy atom. The number of ketones is 1. The summed E-state index contributed by atoms with van der Waals surface area (Å²) in [4.78, 5) is 17.6. The Hall–Kier alpha value is -1.16. The van der Waals surface area contributed by atoms with Gasteiger partial charge in [-0.2, -0.15) is 0 Å². The summed E-state index contributed by atoms with van der Waals surface area (Å²) in [5.74, 6) is 0.201. The van der Waals surface area contributed by atoms with Crippen molar-refractivity contribution in [1.82, 2.24) is 4.90 Å². The van der Waals surface area contributed by atoms with Crippen LogP contribution >= 0.6 is 0 Å². The van der Waals surface area contributed by atoms with Crippen LogP contribution in [0.15, 0.2) is 16.3 Å². The molecule has 1 aliphatic rings. The Bertz CT molecular complexity index is 293. The molecule has 15 heavy (non-hydrogen) atoms. The van der Waals surface area contributed by atoms with E-state index < -0.39 is 0 Å². The van der Waals surface area contributed by atoms with E-state index in [1.54, 1.807) is 0 Å². The Morgan fingerprint density at radius 1 is 1.47 bits per heavy atom. The first-order valence-corrected chi connectivity index (χ1v) is 5.21. The highest BCUT2D eigenvalue weighted by atomic mass is 16.3. The average Bonchev–Trinajstić information content (AvgIpc) is 2.15. The zero-order valence-corrected chi connectivity index (χ0v) is 9.36. The Kier molecular flexibility index (Phi) is 4.49. The second-order valence-electron chi connectivity index (χ2n) is 3.98. The highest BCUT2D eigenvalue weighted by molar-refractivity contribution is 6.14. The predicted octanol–water partition coefficient (Wildman–Crippen LogP) is 1.18. The molecule has 0 fully saturated rings. The van der Waals surface area contributed by atoms with Crippen LogP contribution in [-0.4, -0.2) is 49.2 Å². The van der Waals surface area contributed by atoms with Crippen LogP contribution in [0.4, 0.5) is 0 Å². The van der Waals surface area contributed by atoms with Crippen LogP contribution < -0.4 is 0 Å². The zero-order chi connectivity index (χ0) is 11.3. The van der Waals surface area contributed by atoms with Crippen LogP contribution in [0.5, 0.6) is 0 Å². The largest absolute Gasteiger partial charge is 0.512 e. The summed E-state index contributed by atoms with van der Waals surface area (Å²) in [5.41, 5.74) is 0.403. The summed E-state index contributed by atoms with van der Waals surface area (Å²) in [5, 5.41) is 9.51. The molecule has 0 aromatic rings. The molecule has 0 unspecified atom stereocenters. The van der Waals surface area contributed by atoms with E-state index in [1.807, 2.05) is 19.0 Å². The highest BCUT2D eigenvalue weighted by Gasteiger charge is 2.17. The van der Waals surface area contributed by atoms with Crippen molar-refractivity contribution in [2.75, 3.05) is 27.2 Å². The molecule has 0 aromatic heterocycles. The van der Waals surface area contributed by atoms with Gasteiger partial charge in [-0.05, 0) is 20.5 Å². The van der Waals surface area contributed by atoms with Crippen LogP contribution in [0.3, 0.4) is 0 Å². The lowest BCUT2D eigenvalue weighted by Gasteiger charge is -2.11. The van der Waals surface area contributed by atoms with Crippen LogP contribution in [-0.2, 0) is 4.79 Å². The van der Waals surface area contributed by atoms with Crippen LogP contribution in [0, 0.1) is 0 Å². The van der Waals surface area contributed by atoms with E-state index in [9.17, 15) is 9.90 Å². The van der Waals surface area contributed by atoms with Crippen molar-refractivity contribution in [3.05, 3.63) is 11.3 Å². The maximum Gasteiger partial charge on any atom is 0.167 e. The number of aliphatic imine (C=N–C) groups is 1. The number of likely N-dealkylation sites (N-methyl/N-ethyl adjacent to an activating group) is 1. The van der Waals surface area contributed by atoms with Gasteiger partial charge in [0.05, 0.1) is 12.1 Å². The van der Waals surface area contributed by atoms with Gasteiger partial charge >= 0.3 is 0 Å². The fourth-order valence-electron chi connectivity index (χ4n) is 1.41. The highest BCUT2D eigenvalue weighted by Crippen LogP contribution is 2.18. The van der Waals surface area contributed by atoms with Crippen molar-refractivity contribution in [3.8, 4) is 0 Å². The Morgan fingerprint density at radius 2 is 2.20 bits per heavy atom. The monoisotopic (exact) mass is 210 g/mol. The van der Waals surface area contributed by atoms with Crippen LogP contribution in [0.2, 0.25) is 0 Å². The molecule has 0 aromatic carbocycles. The van der Waals surface area contributed by atoms with Crippen molar-refractivity contribution < 1.29 is 9.90 Å². The lowest BCUT2D eigenvalue weighted by molar-refractivity contribution is -0.115. The molecule has 4 heteroatoms. The molecule has 0 amide bonds. The van der Waals surface area contributed by atoms with Gasteiger partial charge in [0, 0.05) is 25.6 Å². The van der Waals surface area contributed by atoms with Gasteiger partial charge in [-0.3, -0.25) is 9.79 Å². The molecule has 0 spiro atoms. The smallest absolute Gasteiger partial charge is 0.167 e. The minimum atomic E-state index is 0.00681. The van der Waals surface area contributed by atoms with E-state index in [4.69, 9.17) is 0 Å². The molecule has 84 valence electrons. The predicted molar refractivity (Wildman–Crippen MR) is 60.4 cm³/mol. The van der Waals surface area contributed by atoms with E-state index in [0.29, 0.717) is 25.0 Å². The summed E-state index contributed by atoms with van der Waals surface area (Å²) in [6, 6.07) is 0. The number of rotatable bonds is 4. The van der Waals surface area contributed by atoms with Crippen LogP contribution in [0.25, 0.3) is 0 Å². The number of allylic oxidation sites excluding steroid dienone is 2. The SMILES string of the molecule is CN(C)CCN=CC1=C(O)CCCC1=O. The first-order valence-electron chi connectivity index (χ1n) is 5.21. The van der Waals surface area contributed by atoms with Gasteiger partial charge in [-0.25, -0.2) is 0 Å². The number of carbonyl (C=O) groups is 1. The van der Waals surface area contributed by atoms with E-state index in [0.717, 1.165) is 13.0 Å². The lowest BCUT2D eigenvalue weighted by atomic mass is 9.97. The maximum absolute atomic E-state index is 11.4. The van der Waals surface area contributed by atoms with Crippen molar-refractivity contribution in [1.29, 1.82) is 0 Å². The van der Waals surface area contributed by atoms with E-state index in [-0.39, 0.29) is 11.5 Å². The molecule has 1 N–H and O–H groups in total. The molecule has 0 saturated carbocycles. The minimum absolute atomic E-state index is 0.00681. The molecular weight excluding hydrogens is 192 g/mol. The molecule has 0 atom stereocenters. The van der Waals surface area contributed by atoms with Gasteiger partial charge < -0.3 is 10.0 Å². The third kappa shape index (κ3) is 3.83. The average molecular weight is 210 g/mol. The second kappa shape index (κ2) is 5.66. The van der Waals surface area contributed by atoms with E-state index in [1.165, 1.54) is 6.21 Å². The molecule has 0 radical (unpaired) electrons. The number of hydrogen-bond acceptors (Lipinski definition) is 4. The number of aliphatic hydroxyl groups is 1. The molecule has 0 heterocycles. The van der Waals surface area contributed by atoms with E-state index >= 15 is 0 Å². The topological polar surface area (TPSA) is 52.9 Å². The normalized spacial score (nSPS) is 18.2. The van der Waals surface area contributed by atoms with Gasteiger partial charge in [0.15, 0.2) is 5.78 Å². The number of hydrogen-bond donors (Lipinski definition) is 1. The lowest BCUT2D eigenvalue weighted by Crippen LogP contribution is -2.16. The van der Waals surface area contributed by atoms with Gasteiger partial charge in [0.25, 0.3) is 0 Å². The first-order chi connectivity index (χ1) is 7.11. The minimum Gasteiger partial charge on any atom is -0.512 e. The Labute approximate surface area is 90.3 Å². The molecular formula is C11H18N2O2. The van der Waals surface area contributed by atoms with Crippen molar-refractivity contribution >= 4 is 12.0 Å². The summed E-state index contributed by atoms with van der Waals surface area (Å²) in [6.07, 6.45) is 3.39. The van der Waals surface area contributed by atoms with Gasteiger partial charge in [-0.1, -0.05) is 0 Å². The fourth-order valence-corrected chi connectivity index (χ4v) is 1.41. The number of aliphatic hydroxyl groups excluding tert-OH is 1. The summed E-state index contributed by atoms with van der Waals surface area (Å²) in [7, 11) is 3.94. The van der Waals surface area contributed by atoms with Gasteiger partial charge in [0.2, 0.25) is 0 Å². The fraction of sp³-hybridized carbons (Fsp3) is 0.636. The first kappa shape index (κ1) is 11.9. The summed E-state index contributed by atoms with van der Waals surface area (Å²) >= 11 is 0. The van der Waals surface area contributed by atoms with Crippen molar-refractivity contribution in [2.24, 2.45) is 4.99 Å². The molecule has 0 bridgehead atoms. The van der Waals surface area contributed by atoms with Crippen LogP contribution in [0.1, 0.15) is 19.3 Å². The van der Waals surface area contributed by atoms with Gasteiger partial charge in [0.1, 0.15) is 5.76 Å². The number of Topliss-reactive ketones (excluding diaryl/α,β-unsaturated/α-hetero) is 1. The van der Waals surface area contributed by atoms with E-state index in [2.05, 4.69) is 4.99 Å². The third-order valence-corrected chi connectivity index (χ3v) is 2.33. The maximum atomic E-state index is 11.4. The van der Waals surface area contributed by atoms with Crippen molar-refractivity contribution in [2.45, 2.75) is 19.3 Å². The summed E-state index contributed by atoms with van der Waals surface area (Å²) < 4.78 is 0. The molecule has 1 aliphatic carbocycles. The van der Waals surface area contributed by atoms with Gasteiger partial charge in [-0.15, -0.1) is 0 Å². The van der Waals surface area contributed by atoms with Crippen molar-refractivity contribution in [3.63, 3.8) is 0 Å². The number of nitrogens with zero attached hydrogens (tertiary/aromatic N) is 2. The molecule has 1 rings (SSSR count). The third-order valence-electron chi connectivity index (χ3n) is 2.33. The second-order valence-corrected chi connectivity index (χ2v) is 3.98. The Balaban J connectivity index is 2.52. The quantitative estimate of drug-likeness (QED) is 0.709. The molecule has 0 aliphatic heterocycles. The molecule has 0 saturated heterocycles. The standard InChI is InChI=1S/C11H18N2O2/c1-13(2)7-6-12-8-9-10(14)4-3-5-11(9)15/h8,14H,3-7H2,1-2H3. The molecule has 4 nitrogen and oxygen atoms in total. The zero-order valence-electron chi connectivity index (χ0n) is 9.36. The summed E-state index contributed by atoms with van der Waals surface area (Å²) in [6.45, 7) is 1.50. The number of carbonyl (C=O) groups excluding carboxylic acids is 1.